The first kappa shape index (κ1) is 17.6. The van der Waals surface area contributed by atoms with Gasteiger partial charge in [-0.1, -0.05) is 12.6 Å². The van der Waals surface area contributed by atoms with Crippen LogP contribution in [0.15, 0.2) is 38.4 Å². The SMILES string of the molecule is Cc1cc(I)ccc1Nc1c(-c2nnc(S)o2)cc(Br)c(F)c1F. The molecular formula is C15H9BrF2IN3OS. The van der Waals surface area contributed by atoms with Crippen molar-refractivity contribution in [2.45, 2.75) is 12.1 Å². The molecule has 0 atom stereocenters. The summed E-state index contributed by atoms with van der Waals surface area (Å²) < 4.78 is 34.8. The first-order chi connectivity index (χ1) is 11.4. The lowest BCUT2D eigenvalue weighted by Crippen LogP contribution is -2.02. The van der Waals surface area contributed by atoms with Crippen LogP contribution in [-0.2, 0) is 0 Å². The lowest BCUT2D eigenvalue weighted by molar-refractivity contribution is 0.466. The minimum atomic E-state index is -1.05. The molecule has 1 aromatic heterocycles. The fourth-order valence-electron chi connectivity index (χ4n) is 2.11. The summed E-state index contributed by atoms with van der Waals surface area (Å²) in [5, 5.41) is 10.4. The van der Waals surface area contributed by atoms with Gasteiger partial charge in [0.25, 0.3) is 11.1 Å². The highest BCUT2D eigenvalue weighted by molar-refractivity contribution is 14.1. The summed E-state index contributed by atoms with van der Waals surface area (Å²) in [5.74, 6) is -2.02. The van der Waals surface area contributed by atoms with E-state index in [1.54, 1.807) is 6.07 Å². The Morgan fingerprint density at radius 1 is 1.21 bits per heavy atom. The molecule has 0 aliphatic carbocycles. The van der Waals surface area contributed by atoms with E-state index in [1.165, 1.54) is 6.07 Å². The first-order valence-corrected chi connectivity index (χ1v) is 8.92. The van der Waals surface area contributed by atoms with Crippen LogP contribution >= 0.6 is 51.1 Å². The van der Waals surface area contributed by atoms with Crippen LogP contribution in [-0.4, -0.2) is 10.2 Å². The van der Waals surface area contributed by atoms with Crippen molar-refractivity contribution < 1.29 is 13.2 Å². The highest BCUT2D eigenvalue weighted by Gasteiger charge is 2.22. The second-order valence-corrected chi connectivity index (χ2v) is 7.37. The number of halogens is 4. The highest BCUT2D eigenvalue weighted by Crippen LogP contribution is 2.37. The van der Waals surface area contributed by atoms with E-state index in [4.69, 9.17) is 4.42 Å². The molecule has 3 rings (SSSR count). The summed E-state index contributed by atoms with van der Waals surface area (Å²) in [5.41, 5.74) is 1.67. The van der Waals surface area contributed by atoms with E-state index in [1.807, 2.05) is 19.1 Å². The summed E-state index contributed by atoms with van der Waals surface area (Å²) in [6.07, 6.45) is 0. The van der Waals surface area contributed by atoms with Gasteiger partial charge in [0.1, 0.15) is 0 Å². The van der Waals surface area contributed by atoms with Gasteiger partial charge < -0.3 is 9.73 Å². The maximum absolute atomic E-state index is 14.5. The highest BCUT2D eigenvalue weighted by atomic mass is 127. The van der Waals surface area contributed by atoms with E-state index < -0.39 is 11.6 Å². The average Bonchev–Trinajstić information content (AvgIpc) is 2.96. The number of benzene rings is 2. The number of aryl methyl sites for hydroxylation is 1. The second kappa shape index (κ2) is 6.96. The predicted molar refractivity (Wildman–Crippen MR) is 102 cm³/mol. The van der Waals surface area contributed by atoms with Gasteiger partial charge in [-0.05, 0) is 75.3 Å². The third kappa shape index (κ3) is 3.42. The van der Waals surface area contributed by atoms with Crippen LogP contribution in [0.1, 0.15) is 5.56 Å². The Morgan fingerprint density at radius 2 is 1.96 bits per heavy atom. The molecule has 0 aliphatic rings. The van der Waals surface area contributed by atoms with Crippen molar-refractivity contribution in [3.8, 4) is 11.5 Å². The summed E-state index contributed by atoms with van der Waals surface area (Å²) in [7, 11) is 0. The average molecular weight is 524 g/mol. The summed E-state index contributed by atoms with van der Waals surface area (Å²) in [6, 6.07) is 6.96. The van der Waals surface area contributed by atoms with Crippen molar-refractivity contribution in [2.24, 2.45) is 0 Å². The molecular weight excluding hydrogens is 515 g/mol. The maximum atomic E-state index is 14.5. The number of rotatable bonds is 3. The molecule has 24 heavy (non-hydrogen) atoms. The van der Waals surface area contributed by atoms with Gasteiger partial charge in [-0.25, -0.2) is 8.78 Å². The van der Waals surface area contributed by atoms with Crippen molar-refractivity contribution in [1.29, 1.82) is 0 Å². The van der Waals surface area contributed by atoms with Gasteiger partial charge in [0.05, 0.1) is 15.7 Å². The van der Waals surface area contributed by atoms with Gasteiger partial charge in [-0.2, -0.15) is 0 Å². The molecule has 9 heteroatoms. The van der Waals surface area contributed by atoms with Crippen LogP contribution in [0.4, 0.5) is 20.2 Å². The van der Waals surface area contributed by atoms with E-state index in [-0.39, 0.29) is 26.8 Å². The Morgan fingerprint density at radius 3 is 2.58 bits per heavy atom. The van der Waals surface area contributed by atoms with E-state index >= 15 is 0 Å². The molecule has 0 aliphatic heterocycles. The second-order valence-electron chi connectivity index (χ2n) is 4.88. The topological polar surface area (TPSA) is 51.0 Å². The molecule has 0 amide bonds. The number of aromatic nitrogens is 2. The Hall–Kier alpha value is -1.20. The third-order valence-electron chi connectivity index (χ3n) is 3.26. The zero-order chi connectivity index (χ0) is 17.4. The van der Waals surface area contributed by atoms with Gasteiger partial charge in [0.15, 0.2) is 11.6 Å². The van der Waals surface area contributed by atoms with Gasteiger partial charge in [-0.3, -0.25) is 0 Å². The fourth-order valence-corrected chi connectivity index (χ4v) is 3.29. The Balaban J connectivity index is 2.16. The molecule has 0 radical (unpaired) electrons. The van der Waals surface area contributed by atoms with E-state index in [0.29, 0.717) is 5.69 Å². The van der Waals surface area contributed by atoms with Crippen molar-refractivity contribution in [2.75, 3.05) is 5.32 Å². The van der Waals surface area contributed by atoms with Crippen LogP contribution in [0.3, 0.4) is 0 Å². The largest absolute Gasteiger partial charge is 0.411 e. The van der Waals surface area contributed by atoms with E-state index in [9.17, 15) is 8.78 Å². The predicted octanol–water partition coefficient (Wildman–Crippen LogP) is 5.72. The molecule has 0 spiro atoms. The zero-order valence-corrected chi connectivity index (χ0v) is 16.7. The van der Waals surface area contributed by atoms with Crippen LogP contribution < -0.4 is 5.32 Å². The maximum Gasteiger partial charge on any atom is 0.273 e. The molecule has 0 saturated heterocycles. The number of nitrogens with zero attached hydrogens (tertiary/aromatic N) is 2. The molecule has 0 saturated carbocycles. The van der Waals surface area contributed by atoms with E-state index in [2.05, 4.69) is 66.7 Å². The standard InChI is InChI=1S/C15H9BrF2IN3OS/c1-6-4-7(19)2-3-10(6)20-13-8(14-21-22-15(24)23-14)5-9(16)11(17)12(13)18/h2-5,20H,1H3,(H,22,24). The number of hydrogen-bond donors (Lipinski definition) is 2. The van der Waals surface area contributed by atoms with Gasteiger partial charge in [0, 0.05) is 9.26 Å². The molecule has 3 aromatic rings. The molecule has 2 aromatic carbocycles. The molecule has 4 nitrogen and oxygen atoms in total. The molecule has 0 bridgehead atoms. The quantitative estimate of drug-likeness (QED) is 0.262. The minimum absolute atomic E-state index is 0.0299. The number of thiol groups is 1. The third-order valence-corrected chi connectivity index (χ3v) is 4.68. The number of nitrogens with one attached hydrogen (secondary N) is 1. The van der Waals surface area contributed by atoms with Crippen molar-refractivity contribution >= 4 is 62.5 Å². The van der Waals surface area contributed by atoms with Crippen LogP contribution in [0, 0.1) is 22.1 Å². The molecule has 0 fully saturated rings. The number of anilines is 2. The van der Waals surface area contributed by atoms with Crippen LogP contribution in [0.2, 0.25) is 0 Å². The van der Waals surface area contributed by atoms with Crippen molar-refractivity contribution in [3.05, 3.63) is 49.5 Å². The summed E-state index contributed by atoms with van der Waals surface area (Å²) in [6.45, 7) is 1.87. The molecule has 1 N–H and O–H groups in total. The van der Waals surface area contributed by atoms with Crippen molar-refractivity contribution in [3.63, 3.8) is 0 Å². The smallest absolute Gasteiger partial charge is 0.273 e. The number of hydrogen-bond acceptors (Lipinski definition) is 5. The Bertz CT molecular complexity index is 935. The molecule has 0 unspecified atom stereocenters. The molecule has 1 heterocycles. The Labute approximate surface area is 163 Å². The monoisotopic (exact) mass is 523 g/mol. The normalized spacial score (nSPS) is 10.9. The van der Waals surface area contributed by atoms with Gasteiger partial charge in [0.2, 0.25) is 0 Å². The van der Waals surface area contributed by atoms with Crippen molar-refractivity contribution in [1.82, 2.24) is 10.2 Å². The minimum Gasteiger partial charge on any atom is -0.411 e. The van der Waals surface area contributed by atoms with Crippen LogP contribution in [0.5, 0.6) is 0 Å². The van der Waals surface area contributed by atoms with Gasteiger partial charge >= 0.3 is 0 Å². The first-order valence-electron chi connectivity index (χ1n) is 6.60. The van der Waals surface area contributed by atoms with Gasteiger partial charge in [-0.15, -0.1) is 10.2 Å². The summed E-state index contributed by atoms with van der Waals surface area (Å²) >= 11 is 9.12. The lowest BCUT2D eigenvalue weighted by Gasteiger charge is -2.14. The van der Waals surface area contributed by atoms with Crippen LogP contribution in [0.25, 0.3) is 11.5 Å². The Kier molecular flexibility index (Phi) is 5.11. The lowest BCUT2D eigenvalue weighted by atomic mass is 10.1. The molecule has 124 valence electrons. The fraction of sp³-hybridized carbons (Fsp3) is 0.0667. The van der Waals surface area contributed by atoms with E-state index in [0.717, 1.165) is 9.13 Å². The zero-order valence-electron chi connectivity index (χ0n) is 12.1. The summed E-state index contributed by atoms with van der Waals surface area (Å²) in [4.78, 5) is 0.